The number of anilines is 1. The molecule has 3 aromatic carbocycles. The van der Waals surface area contributed by atoms with Crippen LogP contribution in [-0.4, -0.2) is 81.2 Å². The van der Waals surface area contributed by atoms with Crippen molar-refractivity contribution in [2.45, 2.75) is 64.1 Å². The lowest BCUT2D eigenvalue weighted by atomic mass is 9.87. The van der Waals surface area contributed by atoms with Crippen LogP contribution in [-0.2, 0) is 25.4 Å². The molecule has 1 aliphatic carbocycles. The van der Waals surface area contributed by atoms with Crippen LogP contribution in [0.5, 0.6) is 5.75 Å². The molecule has 0 saturated heterocycles. The van der Waals surface area contributed by atoms with Crippen molar-refractivity contribution in [3.05, 3.63) is 95.6 Å². The Morgan fingerprint density at radius 1 is 0.981 bits per heavy atom. The Balaban J connectivity index is 1.43. The SMILES string of the molecule is CCN(CCC1CCCCC1)C(=O)CN1C(=O)C(NC(=O)C(Cc2ccc(OP(=O)(O)O)cc2)NC(=O)O)N=C(c2ccccc2)c2ccccc21. The van der Waals surface area contributed by atoms with Crippen LogP contribution in [0.4, 0.5) is 10.5 Å². The average Bonchev–Trinajstić information content (AvgIpc) is 3.23. The van der Waals surface area contributed by atoms with Gasteiger partial charge in [0, 0.05) is 30.6 Å². The molecule has 1 saturated carbocycles. The highest BCUT2D eigenvalue weighted by Gasteiger charge is 2.36. The Labute approximate surface area is 302 Å². The third-order valence-corrected chi connectivity index (χ3v) is 9.74. The molecule has 5 rings (SSSR count). The molecule has 4 amide bonds. The van der Waals surface area contributed by atoms with Crippen molar-refractivity contribution in [3.8, 4) is 5.75 Å². The largest absolute Gasteiger partial charge is 0.524 e. The number of hydrogen-bond acceptors (Lipinski definition) is 7. The second kappa shape index (κ2) is 17.5. The number of aliphatic imine (C=N–C) groups is 1. The number of phosphoric acid groups is 1. The van der Waals surface area contributed by atoms with Crippen LogP contribution >= 0.6 is 7.82 Å². The van der Waals surface area contributed by atoms with Crippen molar-refractivity contribution >= 4 is 43.0 Å². The number of carboxylic acid groups (broad SMARTS) is 1. The molecule has 2 atom stereocenters. The van der Waals surface area contributed by atoms with Crippen LogP contribution in [0, 0.1) is 5.92 Å². The summed E-state index contributed by atoms with van der Waals surface area (Å²) in [5, 5.41) is 14.4. The Hall–Kier alpha value is -5.04. The maximum absolute atomic E-state index is 14.4. The highest BCUT2D eigenvalue weighted by atomic mass is 31.2. The zero-order valence-corrected chi connectivity index (χ0v) is 29.8. The predicted octanol–water partition coefficient (Wildman–Crippen LogP) is 4.48. The standard InChI is InChI=1S/C37H44N5O9P/c1-2-41(22-21-25-11-5-3-6-12-25)32(43)24-42-31-16-10-9-15-29(31)33(27-13-7-4-8-14-27)39-34(36(42)45)40-35(44)30(38-37(46)47)23-26-17-19-28(20-18-26)51-52(48,49)50/h4,7-10,13-20,25,30,34,38H,2-3,5-6,11-12,21-24H2,1H3,(H,40,44)(H,46,47)(H2,48,49,50). The highest BCUT2D eigenvalue weighted by Crippen LogP contribution is 2.37. The second-order valence-corrected chi connectivity index (χ2v) is 14.1. The Morgan fingerprint density at radius 3 is 2.31 bits per heavy atom. The summed E-state index contributed by atoms with van der Waals surface area (Å²) in [6.07, 6.45) is 3.63. The van der Waals surface area contributed by atoms with Crippen molar-refractivity contribution in [2.75, 3.05) is 24.5 Å². The van der Waals surface area contributed by atoms with Crippen molar-refractivity contribution in [3.63, 3.8) is 0 Å². The maximum atomic E-state index is 14.4. The number of fused-ring (bicyclic) bond motifs is 1. The number of benzodiazepines with no additional fused rings is 1. The zero-order chi connectivity index (χ0) is 37.3. The number of amides is 4. The lowest BCUT2D eigenvalue weighted by Crippen LogP contribution is -2.55. The van der Waals surface area contributed by atoms with Crippen LogP contribution in [0.15, 0.2) is 83.9 Å². The summed E-state index contributed by atoms with van der Waals surface area (Å²) >= 11 is 0. The number of hydrogen-bond donors (Lipinski definition) is 5. The van der Waals surface area contributed by atoms with Gasteiger partial charge in [-0.2, -0.15) is 0 Å². The van der Waals surface area contributed by atoms with E-state index in [1.165, 1.54) is 48.4 Å². The van der Waals surface area contributed by atoms with Gasteiger partial charge in [0.05, 0.1) is 11.4 Å². The first-order valence-electron chi connectivity index (χ1n) is 17.4. The number of likely N-dealkylation sites (N-methyl/N-ethyl adjacent to an activating group) is 1. The lowest BCUT2D eigenvalue weighted by molar-refractivity contribution is -0.132. The normalized spacial score (nSPS) is 16.9. The van der Waals surface area contributed by atoms with E-state index in [2.05, 4.69) is 15.2 Å². The van der Waals surface area contributed by atoms with Gasteiger partial charge in [-0.25, -0.2) is 14.4 Å². The third kappa shape index (κ3) is 10.3. The fourth-order valence-corrected chi connectivity index (χ4v) is 7.07. The molecule has 2 aliphatic rings. The van der Waals surface area contributed by atoms with Gasteiger partial charge in [-0.3, -0.25) is 29.1 Å². The molecule has 2 unspecified atom stereocenters. The Morgan fingerprint density at radius 2 is 1.65 bits per heavy atom. The molecule has 15 heteroatoms. The topological polar surface area (TPSA) is 198 Å². The summed E-state index contributed by atoms with van der Waals surface area (Å²) in [6.45, 7) is 2.66. The number of carbonyl (C=O) groups is 4. The van der Waals surface area contributed by atoms with Crippen LogP contribution < -0.4 is 20.1 Å². The highest BCUT2D eigenvalue weighted by molar-refractivity contribution is 7.46. The quantitative estimate of drug-likeness (QED) is 0.148. The van der Waals surface area contributed by atoms with Gasteiger partial charge >= 0.3 is 13.9 Å². The molecule has 52 heavy (non-hydrogen) atoms. The predicted molar refractivity (Wildman–Crippen MR) is 194 cm³/mol. The van der Waals surface area contributed by atoms with Crippen molar-refractivity contribution in [1.29, 1.82) is 0 Å². The van der Waals surface area contributed by atoms with Gasteiger partial charge in [-0.1, -0.05) is 92.8 Å². The molecular weight excluding hydrogens is 689 g/mol. The lowest BCUT2D eigenvalue weighted by Gasteiger charge is -2.30. The van der Waals surface area contributed by atoms with Crippen LogP contribution in [0.25, 0.3) is 0 Å². The molecule has 5 N–H and O–H groups in total. The van der Waals surface area contributed by atoms with E-state index in [4.69, 9.17) is 14.8 Å². The van der Waals surface area contributed by atoms with Gasteiger partial charge in [0.25, 0.3) is 5.91 Å². The van der Waals surface area contributed by atoms with Crippen molar-refractivity contribution in [2.24, 2.45) is 10.9 Å². The van der Waals surface area contributed by atoms with Gasteiger partial charge in [-0.15, -0.1) is 0 Å². The molecule has 14 nitrogen and oxygen atoms in total. The fraction of sp³-hybridized carbons (Fsp3) is 0.378. The number of nitrogens with zero attached hydrogens (tertiary/aromatic N) is 3. The zero-order valence-electron chi connectivity index (χ0n) is 28.9. The summed E-state index contributed by atoms with van der Waals surface area (Å²) in [6, 6.07) is 20.2. The number of carbonyl (C=O) groups excluding carboxylic acids is 3. The smallest absolute Gasteiger partial charge is 0.465 e. The molecule has 3 aromatic rings. The number of para-hydroxylation sites is 1. The summed E-state index contributed by atoms with van der Waals surface area (Å²) in [5.74, 6) is -1.33. The van der Waals surface area contributed by atoms with E-state index in [0.29, 0.717) is 47.1 Å². The molecule has 1 heterocycles. The minimum absolute atomic E-state index is 0.124. The first kappa shape index (κ1) is 38.2. The van der Waals surface area contributed by atoms with E-state index >= 15 is 0 Å². The van der Waals surface area contributed by atoms with Crippen LogP contribution in [0.3, 0.4) is 0 Å². The molecule has 1 aliphatic heterocycles. The van der Waals surface area contributed by atoms with Crippen molar-refractivity contribution in [1.82, 2.24) is 15.5 Å². The van der Waals surface area contributed by atoms with Gasteiger partial charge in [0.15, 0.2) is 0 Å². The summed E-state index contributed by atoms with van der Waals surface area (Å²) < 4.78 is 15.8. The van der Waals surface area contributed by atoms with E-state index in [0.717, 1.165) is 19.3 Å². The molecule has 0 spiro atoms. The van der Waals surface area contributed by atoms with Crippen LogP contribution in [0.2, 0.25) is 0 Å². The molecular formula is C37H44N5O9P. The Kier molecular flexibility index (Phi) is 12.8. The maximum Gasteiger partial charge on any atom is 0.524 e. The first-order chi connectivity index (χ1) is 24.9. The first-order valence-corrected chi connectivity index (χ1v) is 18.9. The molecule has 0 aromatic heterocycles. The van der Waals surface area contributed by atoms with E-state index in [9.17, 15) is 28.8 Å². The minimum atomic E-state index is -4.80. The molecule has 1 fully saturated rings. The van der Waals surface area contributed by atoms with Gasteiger partial charge in [0.1, 0.15) is 18.3 Å². The minimum Gasteiger partial charge on any atom is -0.465 e. The van der Waals surface area contributed by atoms with Crippen LogP contribution in [0.1, 0.15) is 62.1 Å². The monoisotopic (exact) mass is 733 g/mol. The van der Waals surface area contributed by atoms with E-state index < -0.39 is 37.9 Å². The van der Waals surface area contributed by atoms with E-state index in [-0.39, 0.29) is 24.6 Å². The van der Waals surface area contributed by atoms with Gasteiger partial charge in [0.2, 0.25) is 18.0 Å². The average molecular weight is 734 g/mol. The van der Waals surface area contributed by atoms with E-state index in [1.54, 1.807) is 29.2 Å². The number of phosphoric ester groups is 1. The number of nitrogens with one attached hydrogen (secondary N) is 2. The summed E-state index contributed by atoms with van der Waals surface area (Å²) in [5.41, 5.74) is 2.52. The van der Waals surface area contributed by atoms with Crippen molar-refractivity contribution < 1.29 is 43.2 Å². The molecule has 276 valence electrons. The number of benzene rings is 3. The van der Waals surface area contributed by atoms with E-state index in [1.807, 2.05) is 37.3 Å². The van der Waals surface area contributed by atoms with Gasteiger partial charge < -0.3 is 25.2 Å². The van der Waals surface area contributed by atoms with Gasteiger partial charge in [-0.05, 0) is 43.0 Å². The number of rotatable bonds is 14. The second-order valence-electron chi connectivity index (χ2n) is 12.9. The molecule has 0 bridgehead atoms. The molecule has 0 radical (unpaired) electrons. The fourth-order valence-electron chi connectivity index (χ4n) is 6.67. The summed E-state index contributed by atoms with van der Waals surface area (Å²) in [7, 11) is -4.80. The summed E-state index contributed by atoms with van der Waals surface area (Å²) in [4.78, 5) is 79.9. The Bertz CT molecular complexity index is 1810. The third-order valence-electron chi connectivity index (χ3n) is 9.30.